The number of aromatic nitrogens is 4. The molecule has 14 heteroatoms. The minimum absolute atomic E-state index is 0.0621. The Morgan fingerprint density at radius 2 is 1.81 bits per heavy atom. The second-order valence-corrected chi connectivity index (χ2v) is 11.1. The number of hydroxylamine groups is 2. The van der Waals surface area contributed by atoms with Crippen LogP contribution in [0.5, 0.6) is 0 Å². The van der Waals surface area contributed by atoms with Gasteiger partial charge in [-0.05, 0) is 37.1 Å². The molecular weight excluding hydrogens is 567 g/mol. The maximum atomic E-state index is 13.1. The lowest BCUT2D eigenvalue weighted by Crippen LogP contribution is -2.42. The monoisotopic (exact) mass is 599 g/mol. The zero-order chi connectivity index (χ0) is 30.3. The van der Waals surface area contributed by atoms with E-state index in [0.717, 1.165) is 41.7 Å². The minimum atomic E-state index is -4.46. The van der Waals surface area contributed by atoms with E-state index in [9.17, 15) is 27.9 Å². The number of para-hydroxylation sites is 2. The molecule has 1 saturated heterocycles. The number of H-pyrrole nitrogens is 1. The van der Waals surface area contributed by atoms with Gasteiger partial charge in [0.15, 0.2) is 0 Å². The number of rotatable bonds is 7. The van der Waals surface area contributed by atoms with Gasteiger partial charge in [0.05, 0.1) is 41.5 Å². The Morgan fingerprint density at radius 1 is 1.09 bits per heavy atom. The molecule has 228 valence electrons. The zero-order valence-corrected chi connectivity index (χ0v) is 23.3. The largest absolute Gasteiger partial charge is 0.423 e. The van der Waals surface area contributed by atoms with Crippen LogP contribution in [0.15, 0.2) is 53.3 Å². The number of aliphatic hydroxyl groups is 1. The average Bonchev–Trinajstić information content (AvgIpc) is 3.49. The van der Waals surface area contributed by atoms with Crippen molar-refractivity contribution in [2.75, 3.05) is 26.2 Å². The van der Waals surface area contributed by atoms with E-state index < -0.39 is 23.9 Å². The summed E-state index contributed by atoms with van der Waals surface area (Å²) in [5.74, 6) is 0. The number of halogens is 3. The second kappa shape index (κ2) is 11.5. The summed E-state index contributed by atoms with van der Waals surface area (Å²) in [5.41, 5.74) is 8.46. The molecular formula is C29H32F3N7O4. The molecule has 2 aromatic carbocycles. The molecule has 1 fully saturated rings. The van der Waals surface area contributed by atoms with Gasteiger partial charge in [-0.15, -0.1) is 5.06 Å². The summed E-state index contributed by atoms with van der Waals surface area (Å²) < 4.78 is 43.0. The molecule has 1 unspecified atom stereocenters. The number of hydrogen-bond donors (Lipinski definition) is 3. The third-order valence-electron chi connectivity index (χ3n) is 8.20. The number of alkyl halides is 3. The maximum Gasteiger partial charge on any atom is 0.423 e. The number of likely N-dealkylation sites (tertiary alicyclic amines) is 1. The number of carbonyl (C=O) groups is 1. The van der Waals surface area contributed by atoms with E-state index in [-0.39, 0.29) is 24.8 Å². The number of hydrogen-bond acceptors (Lipinski definition) is 7. The number of nitrogens with zero attached hydrogens (tertiary/aromatic N) is 5. The van der Waals surface area contributed by atoms with E-state index in [1.165, 1.54) is 17.2 Å². The van der Waals surface area contributed by atoms with Gasteiger partial charge < -0.3 is 25.6 Å². The highest BCUT2D eigenvalue weighted by Crippen LogP contribution is 2.34. The van der Waals surface area contributed by atoms with Crippen LogP contribution in [0.4, 0.5) is 18.0 Å². The molecule has 1 amide bonds. The van der Waals surface area contributed by atoms with Crippen LogP contribution >= 0.6 is 0 Å². The molecule has 0 bridgehead atoms. The van der Waals surface area contributed by atoms with Gasteiger partial charge in [0.1, 0.15) is 0 Å². The van der Waals surface area contributed by atoms with Crippen LogP contribution in [-0.4, -0.2) is 72.8 Å². The number of β-amino-alcohol motifs (C(OH)–C–C–N with tert-alkyl or cyclic N) is 1. The van der Waals surface area contributed by atoms with Gasteiger partial charge in [-0.25, -0.2) is 9.59 Å². The predicted molar refractivity (Wildman–Crippen MR) is 151 cm³/mol. The van der Waals surface area contributed by atoms with E-state index in [4.69, 9.17) is 15.7 Å². The topological polar surface area (TPSA) is 135 Å². The molecule has 1 atom stereocenters. The molecule has 43 heavy (non-hydrogen) atoms. The lowest BCUT2D eigenvalue weighted by atomic mass is 10.0. The predicted octanol–water partition coefficient (Wildman–Crippen LogP) is 3.28. The van der Waals surface area contributed by atoms with Crippen molar-refractivity contribution in [2.45, 2.75) is 50.7 Å². The second-order valence-electron chi connectivity index (χ2n) is 11.1. The number of nitrogens with two attached hydrogens (primary N) is 1. The molecule has 0 radical (unpaired) electrons. The van der Waals surface area contributed by atoms with E-state index in [0.29, 0.717) is 49.4 Å². The van der Waals surface area contributed by atoms with Crippen LogP contribution in [0.1, 0.15) is 35.7 Å². The summed E-state index contributed by atoms with van der Waals surface area (Å²) in [6.45, 7) is 2.51. The highest BCUT2D eigenvalue weighted by molar-refractivity contribution is 5.75. The third kappa shape index (κ3) is 6.03. The summed E-state index contributed by atoms with van der Waals surface area (Å²) >= 11 is 0. The van der Waals surface area contributed by atoms with Gasteiger partial charge in [-0.3, -0.25) is 9.25 Å². The average molecular weight is 600 g/mol. The molecule has 0 saturated carbocycles. The normalized spacial score (nSPS) is 17.7. The van der Waals surface area contributed by atoms with Crippen molar-refractivity contribution in [3.05, 3.63) is 75.8 Å². The Kier molecular flexibility index (Phi) is 7.75. The molecule has 4 aromatic rings. The quantitative estimate of drug-likeness (QED) is 0.297. The van der Waals surface area contributed by atoms with E-state index >= 15 is 0 Å². The summed E-state index contributed by atoms with van der Waals surface area (Å²) in [5, 5.41) is 17.2. The highest BCUT2D eigenvalue weighted by atomic mass is 19.4. The van der Waals surface area contributed by atoms with Crippen molar-refractivity contribution in [3.8, 4) is 11.3 Å². The van der Waals surface area contributed by atoms with Crippen LogP contribution in [0.2, 0.25) is 0 Å². The molecule has 4 N–H and O–H groups in total. The lowest BCUT2D eigenvalue weighted by Gasteiger charge is -2.33. The van der Waals surface area contributed by atoms with Crippen molar-refractivity contribution < 1.29 is 27.9 Å². The van der Waals surface area contributed by atoms with Crippen LogP contribution in [0, 0.1) is 0 Å². The molecule has 2 aliphatic heterocycles. The Hall–Kier alpha value is -4.14. The number of nitrogens with one attached hydrogen (secondary N) is 1. The van der Waals surface area contributed by atoms with Crippen molar-refractivity contribution in [2.24, 2.45) is 5.73 Å². The summed E-state index contributed by atoms with van der Waals surface area (Å²) in [6.07, 6.45) is -4.22. The van der Waals surface area contributed by atoms with Gasteiger partial charge in [0, 0.05) is 55.5 Å². The molecule has 0 aliphatic carbocycles. The van der Waals surface area contributed by atoms with Crippen LogP contribution in [-0.2, 0) is 30.5 Å². The number of carbonyl (C=O) groups excluding carboxylic acids is 1. The number of imidazole rings is 1. The summed E-state index contributed by atoms with van der Waals surface area (Å²) in [6, 6.07) is 12.4. The lowest BCUT2D eigenvalue weighted by molar-refractivity contribution is -0.137. The maximum absolute atomic E-state index is 13.1. The number of amides is 1. The van der Waals surface area contributed by atoms with Gasteiger partial charge in [0.2, 0.25) is 0 Å². The smallest absolute Gasteiger partial charge is 0.390 e. The van der Waals surface area contributed by atoms with Gasteiger partial charge in [-0.2, -0.15) is 18.3 Å². The number of aliphatic hydroxyl groups excluding tert-OH is 1. The number of fused-ring (bicyclic) bond motifs is 2. The first-order valence-corrected chi connectivity index (χ1v) is 14.1. The third-order valence-corrected chi connectivity index (χ3v) is 8.20. The molecule has 11 nitrogen and oxygen atoms in total. The standard InChI is InChI=1S/C29H32F3N7O4/c30-29(31,32)19-7-5-18(6-8-19)26-22-17-37(43-27(33)41)14-11-24(22)38(35-26)16-21(40)15-36-12-9-20(10-13-36)39-25-4-2-1-3-23(25)34-28(39)42/h1-8,20-21,40H,9-17H2,(H2,33,41)(H,34,42). The van der Waals surface area contributed by atoms with E-state index in [1.54, 1.807) is 4.68 Å². The first-order chi connectivity index (χ1) is 20.6. The van der Waals surface area contributed by atoms with Gasteiger partial charge >= 0.3 is 18.0 Å². The number of primary amides is 1. The van der Waals surface area contributed by atoms with Crippen molar-refractivity contribution >= 4 is 17.1 Å². The first-order valence-electron chi connectivity index (χ1n) is 14.1. The van der Waals surface area contributed by atoms with Crippen molar-refractivity contribution in [1.29, 1.82) is 0 Å². The number of aromatic amines is 1. The Bertz CT molecular complexity index is 1670. The SMILES string of the molecule is NC(=O)ON1CCc2c(c(-c3ccc(C(F)(F)F)cc3)nn2CC(O)CN2CCC(n3c(=O)[nH]c4ccccc43)CC2)C1. The molecule has 2 aromatic heterocycles. The van der Waals surface area contributed by atoms with Crippen molar-refractivity contribution in [3.63, 3.8) is 0 Å². The molecule has 4 heterocycles. The molecule has 2 aliphatic rings. The highest BCUT2D eigenvalue weighted by Gasteiger charge is 2.32. The number of piperidine rings is 1. The van der Waals surface area contributed by atoms with Gasteiger partial charge in [-0.1, -0.05) is 24.3 Å². The Balaban J connectivity index is 1.16. The van der Waals surface area contributed by atoms with Crippen molar-refractivity contribution in [1.82, 2.24) is 29.3 Å². The summed E-state index contributed by atoms with van der Waals surface area (Å²) in [7, 11) is 0. The first kappa shape index (κ1) is 29.0. The molecule has 0 spiro atoms. The fraction of sp³-hybridized carbons (Fsp3) is 0.414. The minimum Gasteiger partial charge on any atom is -0.390 e. The van der Waals surface area contributed by atoms with Gasteiger partial charge in [0.25, 0.3) is 0 Å². The van der Waals surface area contributed by atoms with E-state index in [1.807, 2.05) is 28.8 Å². The zero-order valence-electron chi connectivity index (χ0n) is 23.3. The Morgan fingerprint density at radius 3 is 2.51 bits per heavy atom. The van der Waals surface area contributed by atoms with E-state index in [2.05, 4.69) is 9.88 Å². The molecule has 6 rings (SSSR count). The van der Waals surface area contributed by atoms with Crippen LogP contribution in [0.25, 0.3) is 22.3 Å². The number of benzene rings is 2. The van der Waals surface area contributed by atoms with Crippen LogP contribution < -0.4 is 11.4 Å². The Labute approximate surface area is 244 Å². The fourth-order valence-electron chi connectivity index (χ4n) is 6.22. The summed E-state index contributed by atoms with van der Waals surface area (Å²) in [4.78, 5) is 34.1. The van der Waals surface area contributed by atoms with Crippen LogP contribution in [0.3, 0.4) is 0 Å². The fourth-order valence-corrected chi connectivity index (χ4v) is 6.22.